The number of aromatic nitrogens is 3. The quantitative estimate of drug-likeness (QED) is 0.461. The first-order valence-electron chi connectivity index (χ1n) is 7.72. The Morgan fingerprint density at radius 3 is 2.67 bits per heavy atom. The fourth-order valence-electron chi connectivity index (χ4n) is 2.45. The Hall–Kier alpha value is -2.83. The molecule has 0 aliphatic heterocycles. The summed E-state index contributed by atoms with van der Waals surface area (Å²) >= 11 is 1.43. The fourth-order valence-corrected chi connectivity index (χ4v) is 4.39. The van der Waals surface area contributed by atoms with E-state index in [1.165, 1.54) is 28.0 Å². The lowest BCUT2D eigenvalue weighted by Gasteiger charge is -2.06. The van der Waals surface area contributed by atoms with E-state index < -0.39 is 25.5 Å². The van der Waals surface area contributed by atoms with E-state index in [0.717, 1.165) is 21.7 Å². The third-order valence-corrected chi connectivity index (χ3v) is 6.12. The van der Waals surface area contributed by atoms with Crippen molar-refractivity contribution in [1.82, 2.24) is 19.1 Å². The van der Waals surface area contributed by atoms with Crippen molar-refractivity contribution in [2.75, 3.05) is 6.54 Å². The molecule has 1 aromatic carbocycles. The molecule has 10 nitrogen and oxygen atoms in total. The van der Waals surface area contributed by atoms with Gasteiger partial charge >= 0.3 is 5.69 Å². The number of benzene rings is 1. The van der Waals surface area contributed by atoms with Gasteiger partial charge in [-0.15, -0.1) is 16.4 Å². The van der Waals surface area contributed by atoms with Crippen molar-refractivity contribution in [2.45, 2.75) is 11.4 Å². The van der Waals surface area contributed by atoms with Crippen molar-refractivity contribution in [3.05, 3.63) is 62.4 Å². The number of hydrogen-bond acceptors (Lipinski definition) is 7. The molecule has 12 heteroatoms. The third kappa shape index (κ3) is 3.82. The first-order chi connectivity index (χ1) is 12.8. The van der Waals surface area contributed by atoms with E-state index in [9.17, 15) is 23.3 Å². The molecule has 0 spiro atoms. The zero-order valence-corrected chi connectivity index (χ0v) is 15.7. The second kappa shape index (κ2) is 7.42. The maximum atomic E-state index is 12.4. The van der Waals surface area contributed by atoms with Gasteiger partial charge in [0.2, 0.25) is 10.0 Å². The summed E-state index contributed by atoms with van der Waals surface area (Å²) in [6.07, 6.45) is 0. The van der Waals surface area contributed by atoms with Gasteiger partial charge in [-0.05, 0) is 17.5 Å². The molecule has 142 valence electrons. The van der Waals surface area contributed by atoms with E-state index in [4.69, 9.17) is 0 Å². The monoisotopic (exact) mass is 409 g/mol. The molecular weight excluding hydrogens is 394 g/mol. The Labute approximate surface area is 157 Å². The standard InChI is InChI=1S/C15H15N5O5S2/c1-18-14(12-6-4-10-26-12)17-19(15(18)21)9-8-16-27(24,25)13-7-3-2-5-11(13)20(22)23/h2-7,10,16H,8-9H2,1H3. The molecule has 0 saturated heterocycles. The summed E-state index contributed by atoms with van der Waals surface area (Å²) in [6.45, 7) is -0.160. The highest BCUT2D eigenvalue weighted by molar-refractivity contribution is 7.89. The smallest absolute Gasteiger partial charge is 0.277 e. The number of sulfonamides is 1. The van der Waals surface area contributed by atoms with Crippen LogP contribution in [0.1, 0.15) is 0 Å². The fraction of sp³-hybridized carbons (Fsp3) is 0.200. The van der Waals surface area contributed by atoms with Crippen molar-refractivity contribution >= 4 is 27.0 Å². The van der Waals surface area contributed by atoms with Crippen molar-refractivity contribution in [3.8, 4) is 10.7 Å². The molecule has 0 bridgehead atoms. The van der Waals surface area contributed by atoms with Gasteiger partial charge < -0.3 is 0 Å². The minimum Gasteiger partial charge on any atom is -0.277 e. The van der Waals surface area contributed by atoms with Gasteiger partial charge in [-0.3, -0.25) is 14.7 Å². The molecule has 3 aromatic rings. The highest BCUT2D eigenvalue weighted by Crippen LogP contribution is 2.23. The van der Waals surface area contributed by atoms with Gasteiger partial charge in [-0.1, -0.05) is 18.2 Å². The van der Waals surface area contributed by atoms with Crippen LogP contribution < -0.4 is 10.4 Å². The van der Waals surface area contributed by atoms with E-state index in [-0.39, 0.29) is 18.8 Å². The Morgan fingerprint density at radius 1 is 1.26 bits per heavy atom. The number of nitrogens with zero attached hydrogens (tertiary/aromatic N) is 4. The molecular formula is C15H15N5O5S2. The highest BCUT2D eigenvalue weighted by Gasteiger charge is 2.24. The van der Waals surface area contributed by atoms with Gasteiger partial charge in [-0.2, -0.15) is 0 Å². The van der Waals surface area contributed by atoms with E-state index in [2.05, 4.69) is 9.82 Å². The molecule has 0 fully saturated rings. The molecule has 0 aliphatic carbocycles. The van der Waals surface area contributed by atoms with Crippen LogP contribution in [-0.2, 0) is 23.6 Å². The molecule has 0 unspecified atom stereocenters. The van der Waals surface area contributed by atoms with E-state index in [1.54, 1.807) is 7.05 Å². The molecule has 1 N–H and O–H groups in total. The van der Waals surface area contributed by atoms with Gasteiger partial charge in [-0.25, -0.2) is 22.6 Å². The number of para-hydroxylation sites is 1. The molecule has 3 rings (SSSR count). The minimum atomic E-state index is -4.11. The summed E-state index contributed by atoms with van der Waals surface area (Å²) in [6, 6.07) is 8.72. The molecule has 27 heavy (non-hydrogen) atoms. The lowest BCUT2D eigenvalue weighted by atomic mass is 10.3. The SMILES string of the molecule is Cn1c(-c2cccs2)nn(CCNS(=O)(=O)c2ccccc2[N+](=O)[O-])c1=O. The van der Waals surface area contributed by atoms with Crippen LogP contribution in [0.25, 0.3) is 10.7 Å². The molecule has 0 aliphatic rings. The lowest BCUT2D eigenvalue weighted by molar-refractivity contribution is -0.387. The molecule has 0 radical (unpaired) electrons. The molecule has 2 aromatic heterocycles. The van der Waals surface area contributed by atoms with Crippen molar-refractivity contribution < 1.29 is 13.3 Å². The largest absolute Gasteiger partial charge is 0.345 e. The number of nitrogens with one attached hydrogen (secondary N) is 1. The molecule has 0 amide bonds. The summed E-state index contributed by atoms with van der Waals surface area (Å²) in [5, 5.41) is 17.1. The van der Waals surface area contributed by atoms with Gasteiger partial charge in [0, 0.05) is 19.7 Å². The summed E-state index contributed by atoms with van der Waals surface area (Å²) in [7, 11) is -2.52. The van der Waals surface area contributed by atoms with Crippen LogP contribution in [0.4, 0.5) is 5.69 Å². The summed E-state index contributed by atoms with van der Waals surface area (Å²) in [5.41, 5.74) is -0.900. The molecule has 2 heterocycles. The lowest BCUT2D eigenvalue weighted by Crippen LogP contribution is -2.32. The van der Waals surface area contributed by atoms with Crippen LogP contribution in [0.3, 0.4) is 0 Å². The van der Waals surface area contributed by atoms with E-state index >= 15 is 0 Å². The molecule has 0 saturated carbocycles. The Kier molecular flexibility index (Phi) is 5.21. The minimum absolute atomic E-state index is 0.0160. The highest BCUT2D eigenvalue weighted by atomic mass is 32.2. The number of hydrogen-bond donors (Lipinski definition) is 1. The Morgan fingerprint density at radius 2 is 2.00 bits per heavy atom. The summed E-state index contributed by atoms with van der Waals surface area (Å²) in [5.74, 6) is 0.483. The number of nitro benzene ring substituents is 1. The van der Waals surface area contributed by atoms with Gasteiger partial charge in [0.05, 0.1) is 16.3 Å². The summed E-state index contributed by atoms with van der Waals surface area (Å²) < 4.78 is 29.5. The van der Waals surface area contributed by atoms with Crippen LogP contribution in [0.2, 0.25) is 0 Å². The van der Waals surface area contributed by atoms with Crippen molar-refractivity contribution in [3.63, 3.8) is 0 Å². The second-order valence-corrected chi connectivity index (χ2v) is 8.17. The van der Waals surface area contributed by atoms with Crippen LogP contribution >= 0.6 is 11.3 Å². The van der Waals surface area contributed by atoms with Gasteiger partial charge in [0.15, 0.2) is 10.7 Å². The van der Waals surface area contributed by atoms with E-state index in [0.29, 0.717) is 5.82 Å². The first-order valence-corrected chi connectivity index (χ1v) is 10.1. The average Bonchev–Trinajstić information content (AvgIpc) is 3.25. The topological polar surface area (TPSA) is 129 Å². The van der Waals surface area contributed by atoms with Crippen LogP contribution in [0.15, 0.2) is 51.5 Å². The normalized spacial score (nSPS) is 11.6. The predicted octanol–water partition coefficient (Wildman–Crippen LogP) is 1.20. The van der Waals surface area contributed by atoms with Crippen molar-refractivity contribution in [1.29, 1.82) is 0 Å². The second-order valence-electron chi connectivity index (χ2n) is 5.49. The Balaban J connectivity index is 1.76. The zero-order chi connectivity index (χ0) is 19.6. The average molecular weight is 409 g/mol. The maximum absolute atomic E-state index is 12.4. The predicted molar refractivity (Wildman–Crippen MR) is 99.1 cm³/mol. The van der Waals surface area contributed by atoms with Crippen molar-refractivity contribution in [2.24, 2.45) is 7.05 Å². The summed E-state index contributed by atoms with van der Waals surface area (Å²) in [4.78, 5) is 22.9. The van der Waals surface area contributed by atoms with Crippen LogP contribution in [0, 0.1) is 10.1 Å². The van der Waals surface area contributed by atoms with E-state index in [1.807, 2.05) is 17.5 Å². The van der Waals surface area contributed by atoms with Crippen LogP contribution in [-0.4, -0.2) is 34.2 Å². The van der Waals surface area contributed by atoms with Crippen LogP contribution in [0.5, 0.6) is 0 Å². The van der Waals surface area contributed by atoms with Gasteiger partial charge in [0.25, 0.3) is 5.69 Å². The number of nitro groups is 1. The maximum Gasteiger partial charge on any atom is 0.345 e. The first kappa shape index (κ1) is 18.9. The number of rotatable bonds is 7. The molecule has 0 atom stereocenters. The van der Waals surface area contributed by atoms with Gasteiger partial charge in [0.1, 0.15) is 0 Å². The Bertz CT molecular complexity index is 1130. The number of thiophene rings is 1. The third-order valence-electron chi connectivity index (χ3n) is 3.75. The zero-order valence-electron chi connectivity index (χ0n) is 14.1.